The highest BCUT2D eigenvalue weighted by molar-refractivity contribution is 6.42. The molecule has 8 nitrogen and oxygen atoms in total. The van der Waals surface area contributed by atoms with Gasteiger partial charge in [-0.05, 0) is 42.8 Å². The average Bonchev–Trinajstić information content (AvgIpc) is 3.33. The number of rotatable bonds is 6. The highest BCUT2D eigenvalue weighted by Crippen LogP contribution is 2.23. The lowest BCUT2D eigenvalue weighted by molar-refractivity contribution is 0.0932. The third-order valence-electron chi connectivity index (χ3n) is 5.27. The molecule has 1 aliphatic heterocycles. The van der Waals surface area contributed by atoms with E-state index in [1.165, 1.54) is 6.20 Å². The number of aromatic nitrogens is 2. The summed E-state index contributed by atoms with van der Waals surface area (Å²) in [5.74, 6) is -0.582. The molecule has 1 aromatic heterocycles. The zero-order valence-electron chi connectivity index (χ0n) is 17.6. The monoisotopic (exact) mass is 484 g/mol. The van der Waals surface area contributed by atoms with E-state index in [9.17, 15) is 9.59 Å². The van der Waals surface area contributed by atoms with Crippen LogP contribution in [0.4, 0.5) is 5.82 Å². The fraction of sp³-hybridized carbons (Fsp3) is 0.217. The lowest BCUT2D eigenvalue weighted by Gasteiger charge is -2.12. The van der Waals surface area contributed by atoms with Gasteiger partial charge in [0.25, 0.3) is 11.8 Å². The first-order chi connectivity index (χ1) is 15.9. The van der Waals surface area contributed by atoms with Crippen LogP contribution >= 0.6 is 23.2 Å². The maximum atomic E-state index is 12.7. The minimum Gasteiger partial charge on any atom is -0.382 e. The summed E-state index contributed by atoms with van der Waals surface area (Å²) in [5.41, 5.74) is 8.31. The number of nitrogens with two attached hydrogens (primary N) is 1. The quantitative estimate of drug-likeness (QED) is 0.426. The lowest BCUT2D eigenvalue weighted by Crippen LogP contribution is -2.37. The number of carbonyl (C=O) groups is 2. The second-order valence-electron chi connectivity index (χ2n) is 7.66. The summed E-state index contributed by atoms with van der Waals surface area (Å²) in [7, 11) is 0. The lowest BCUT2D eigenvalue weighted by atomic mass is 10.1. The Kier molecular flexibility index (Phi) is 7.08. The standard InChI is InChI=1S/C23H22Cl2N6O2/c24-17-5-4-13(8-18(17)25)10-29-22(32)15-3-1-2-14(9-15)19-12-28-21(26)20(31-19)23(33)30-16-6-7-27-11-16/h1-5,8-9,12,16,27H,6-7,10-11H2,(H2,26,28)(H,29,32)(H,30,33). The number of nitrogens with zero attached hydrogens (tertiary/aromatic N) is 2. The van der Waals surface area contributed by atoms with Crippen molar-refractivity contribution in [3.63, 3.8) is 0 Å². The van der Waals surface area contributed by atoms with E-state index < -0.39 is 0 Å². The van der Waals surface area contributed by atoms with Gasteiger partial charge in [-0.25, -0.2) is 9.97 Å². The first-order valence-electron chi connectivity index (χ1n) is 10.4. The Labute approximate surface area is 200 Å². The van der Waals surface area contributed by atoms with E-state index in [1.807, 2.05) is 0 Å². The van der Waals surface area contributed by atoms with Crippen molar-refractivity contribution in [2.75, 3.05) is 18.8 Å². The summed E-state index contributed by atoms with van der Waals surface area (Å²) < 4.78 is 0. The number of amides is 2. The highest BCUT2D eigenvalue weighted by Gasteiger charge is 2.21. The van der Waals surface area contributed by atoms with Crippen molar-refractivity contribution in [1.82, 2.24) is 25.9 Å². The molecule has 0 aliphatic carbocycles. The molecule has 170 valence electrons. The molecule has 0 saturated carbocycles. The van der Waals surface area contributed by atoms with Crippen LogP contribution < -0.4 is 21.7 Å². The first-order valence-corrected chi connectivity index (χ1v) is 11.1. The number of hydrogen-bond donors (Lipinski definition) is 4. The second kappa shape index (κ2) is 10.2. The molecule has 2 aromatic carbocycles. The van der Waals surface area contributed by atoms with Crippen LogP contribution in [0.25, 0.3) is 11.3 Å². The van der Waals surface area contributed by atoms with Crippen LogP contribution in [0, 0.1) is 0 Å². The Bertz CT molecular complexity index is 1200. The molecule has 2 heterocycles. The van der Waals surface area contributed by atoms with Gasteiger partial charge in [-0.15, -0.1) is 0 Å². The highest BCUT2D eigenvalue weighted by atomic mass is 35.5. The van der Waals surface area contributed by atoms with Crippen molar-refractivity contribution in [3.05, 3.63) is 75.5 Å². The summed E-state index contributed by atoms with van der Waals surface area (Å²) in [5, 5.41) is 9.85. The van der Waals surface area contributed by atoms with Crippen LogP contribution in [0.1, 0.15) is 32.8 Å². The summed E-state index contributed by atoms with van der Waals surface area (Å²) in [6.07, 6.45) is 2.33. The zero-order valence-corrected chi connectivity index (χ0v) is 19.1. The van der Waals surface area contributed by atoms with Crippen LogP contribution in [0.2, 0.25) is 10.0 Å². The minimum absolute atomic E-state index is 0.0323. The predicted molar refractivity (Wildman–Crippen MR) is 128 cm³/mol. The Morgan fingerprint density at radius 1 is 1.12 bits per heavy atom. The molecule has 1 aliphatic rings. The topological polar surface area (TPSA) is 122 Å². The molecule has 10 heteroatoms. The first kappa shape index (κ1) is 23.0. The number of halogens is 2. The minimum atomic E-state index is -0.369. The number of hydrogen-bond acceptors (Lipinski definition) is 6. The molecule has 0 spiro atoms. The van der Waals surface area contributed by atoms with Gasteiger partial charge in [0.2, 0.25) is 0 Å². The van der Waals surface area contributed by atoms with Gasteiger partial charge in [0.1, 0.15) is 0 Å². The van der Waals surface area contributed by atoms with E-state index in [4.69, 9.17) is 28.9 Å². The van der Waals surface area contributed by atoms with Gasteiger partial charge in [0.15, 0.2) is 11.5 Å². The second-order valence-corrected chi connectivity index (χ2v) is 8.48. The molecule has 2 amide bonds. The molecule has 33 heavy (non-hydrogen) atoms. The molecular formula is C23H22Cl2N6O2. The molecule has 0 radical (unpaired) electrons. The fourth-order valence-electron chi connectivity index (χ4n) is 3.49. The van der Waals surface area contributed by atoms with Crippen molar-refractivity contribution in [1.29, 1.82) is 0 Å². The molecule has 1 atom stereocenters. The molecular weight excluding hydrogens is 463 g/mol. The van der Waals surface area contributed by atoms with Gasteiger partial charge in [-0.2, -0.15) is 0 Å². The van der Waals surface area contributed by atoms with Gasteiger partial charge in [-0.3, -0.25) is 9.59 Å². The van der Waals surface area contributed by atoms with Crippen molar-refractivity contribution in [3.8, 4) is 11.3 Å². The fourth-order valence-corrected chi connectivity index (χ4v) is 3.81. The van der Waals surface area contributed by atoms with Crippen molar-refractivity contribution in [2.45, 2.75) is 19.0 Å². The summed E-state index contributed by atoms with van der Waals surface area (Å²) in [4.78, 5) is 33.9. The molecule has 1 fully saturated rings. The number of nitrogen functional groups attached to an aromatic ring is 1. The smallest absolute Gasteiger partial charge is 0.274 e. The summed E-state index contributed by atoms with van der Waals surface area (Å²) in [6, 6.07) is 12.1. The van der Waals surface area contributed by atoms with E-state index in [2.05, 4.69) is 25.9 Å². The number of carbonyl (C=O) groups excluding carboxylic acids is 2. The maximum absolute atomic E-state index is 12.7. The summed E-state index contributed by atoms with van der Waals surface area (Å²) in [6.45, 7) is 1.85. The van der Waals surface area contributed by atoms with Crippen LogP contribution in [0.3, 0.4) is 0 Å². The Morgan fingerprint density at radius 2 is 1.97 bits per heavy atom. The number of nitrogens with one attached hydrogen (secondary N) is 3. The largest absolute Gasteiger partial charge is 0.382 e. The number of anilines is 1. The third-order valence-corrected chi connectivity index (χ3v) is 6.01. The van der Waals surface area contributed by atoms with Crippen LogP contribution in [-0.4, -0.2) is 40.9 Å². The van der Waals surface area contributed by atoms with Gasteiger partial charge in [0, 0.05) is 30.3 Å². The molecule has 1 unspecified atom stereocenters. The molecule has 4 rings (SSSR count). The van der Waals surface area contributed by atoms with Crippen molar-refractivity contribution in [2.24, 2.45) is 0 Å². The average molecular weight is 485 g/mol. The predicted octanol–water partition coefficient (Wildman–Crippen LogP) is 3.05. The number of benzene rings is 2. The van der Waals surface area contributed by atoms with Gasteiger partial charge in [0.05, 0.1) is 21.9 Å². The van der Waals surface area contributed by atoms with Crippen LogP contribution in [-0.2, 0) is 6.54 Å². The van der Waals surface area contributed by atoms with E-state index in [0.717, 1.165) is 18.5 Å². The third kappa shape index (κ3) is 5.60. The Balaban J connectivity index is 1.49. The van der Waals surface area contributed by atoms with Gasteiger partial charge >= 0.3 is 0 Å². The Morgan fingerprint density at radius 3 is 2.73 bits per heavy atom. The van der Waals surface area contributed by atoms with E-state index in [-0.39, 0.29) is 29.4 Å². The maximum Gasteiger partial charge on any atom is 0.274 e. The van der Waals surface area contributed by atoms with Crippen LogP contribution in [0.15, 0.2) is 48.7 Å². The van der Waals surface area contributed by atoms with E-state index >= 15 is 0 Å². The zero-order chi connectivity index (χ0) is 23.4. The van der Waals surface area contributed by atoms with Gasteiger partial charge < -0.3 is 21.7 Å². The Hall–Kier alpha value is -3.20. The van der Waals surface area contributed by atoms with Crippen molar-refractivity contribution >= 4 is 40.8 Å². The molecule has 3 aromatic rings. The molecule has 1 saturated heterocycles. The molecule has 0 bridgehead atoms. The SMILES string of the molecule is Nc1ncc(-c2cccc(C(=O)NCc3ccc(Cl)c(Cl)c3)c2)nc1C(=O)NC1CCNC1. The normalized spacial score (nSPS) is 15.3. The summed E-state index contributed by atoms with van der Waals surface area (Å²) >= 11 is 12.0. The van der Waals surface area contributed by atoms with Crippen molar-refractivity contribution < 1.29 is 9.59 Å². The van der Waals surface area contributed by atoms with Crippen LogP contribution in [0.5, 0.6) is 0 Å². The molecule has 5 N–H and O–H groups in total. The van der Waals surface area contributed by atoms with E-state index in [1.54, 1.807) is 42.5 Å². The van der Waals surface area contributed by atoms with Gasteiger partial charge in [-0.1, -0.05) is 41.4 Å². The van der Waals surface area contributed by atoms with E-state index in [0.29, 0.717) is 40.0 Å².